The molecule has 2 heterocycles. The Morgan fingerprint density at radius 3 is 3.04 bits per heavy atom. The summed E-state index contributed by atoms with van der Waals surface area (Å²) in [5.74, 6) is 2.77. The zero-order valence-electron chi connectivity index (χ0n) is 14.8. The maximum Gasteiger partial charge on any atom is 0.191 e. The predicted octanol–water partition coefficient (Wildman–Crippen LogP) is 1.77. The van der Waals surface area contributed by atoms with Gasteiger partial charge in [0.2, 0.25) is 0 Å². The first-order valence-corrected chi connectivity index (χ1v) is 9.08. The summed E-state index contributed by atoms with van der Waals surface area (Å²) in [5.41, 5.74) is 1.18. The molecule has 1 atom stereocenters. The van der Waals surface area contributed by atoms with E-state index < -0.39 is 0 Å². The number of nitrogens with one attached hydrogen (secondary N) is 2. The first-order chi connectivity index (χ1) is 11.7. The van der Waals surface area contributed by atoms with Crippen molar-refractivity contribution in [3.05, 3.63) is 23.9 Å². The van der Waals surface area contributed by atoms with Crippen LogP contribution in [-0.2, 0) is 11.3 Å². The number of hydrogen-bond donors (Lipinski definition) is 2. The fourth-order valence-electron chi connectivity index (χ4n) is 2.83. The molecule has 1 unspecified atom stereocenters. The minimum Gasteiger partial charge on any atom is -0.375 e. The Bertz CT molecular complexity index is 558. The summed E-state index contributed by atoms with van der Waals surface area (Å²) in [6.07, 6.45) is 4.83. The third-order valence-electron chi connectivity index (χ3n) is 4.39. The smallest absolute Gasteiger partial charge is 0.191 e. The Balaban J connectivity index is 1.60. The van der Waals surface area contributed by atoms with Crippen molar-refractivity contribution >= 4 is 11.8 Å². The van der Waals surface area contributed by atoms with Crippen molar-refractivity contribution in [3.8, 4) is 0 Å². The lowest BCUT2D eigenvalue weighted by Gasteiger charge is -2.32. The molecule has 0 aromatic carbocycles. The summed E-state index contributed by atoms with van der Waals surface area (Å²) >= 11 is 0. The first-order valence-electron chi connectivity index (χ1n) is 9.08. The van der Waals surface area contributed by atoms with E-state index in [0.717, 1.165) is 50.5 Å². The molecule has 1 saturated carbocycles. The molecule has 0 radical (unpaired) electrons. The van der Waals surface area contributed by atoms with E-state index in [1.165, 1.54) is 18.4 Å². The van der Waals surface area contributed by atoms with Crippen LogP contribution in [0.3, 0.4) is 0 Å². The van der Waals surface area contributed by atoms with Gasteiger partial charge in [-0.1, -0.05) is 0 Å². The van der Waals surface area contributed by atoms with Gasteiger partial charge in [0, 0.05) is 32.4 Å². The lowest BCUT2D eigenvalue weighted by atomic mass is 10.2. The molecule has 0 bridgehead atoms. The Hall–Kier alpha value is -1.82. The number of aromatic nitrogens is 1. The molecule has 2 fully saturated rings. The molecule has 3 rings (SSSR count). The van der Waals surface area contributed by atoms with Crippen molar-refractivity contribution in [2.75, 3.05) is 37.7 Å². The largest absolute Gasteiger partial charge is 0.375 e. The summed E-state index contributed by atoms with van der Waals surface area (Å²) < 4.78 is 5.61. The van der Waals surface area contributed by atoms with Crippen LogP contribution in [0.4, 0.5) is 5.82 Å². The number of guanidine groups is 1. The molecule has 132 valence electrons. The Morgan fingerprint density at radius 2 is 2.29 bits per heavy atom. The molecule has 1 saturated heterocycles. The van der Waals surface area contributed by atoms with Crippen molar-refractivity contribution in [2.45, 2.75) is 39.3 Å². The zero-order chi connectivity index (χ0) is 16.8. The molecule has 2 aliphatic rings. The van der Waals surface area contributed by atoms with Gasteiger partial charge in [-0.3, -0.25) is 0 Å². The fourth-order valence-corrected chi connectivity index (χ4v) is 2.83. The van der Waals surface area contributed by atoms with Gasteiger partial charge in [-0.25, -0.2) is 9.98 Å². The van der Waals surface area contributed by atoms with Gasteiger partial charge < -0.3 is 20.3 Å². The molecule has 6 nitrogen and oxygen atoms in total. The maximum atomic E-state index is 5.61. The second-order valence-corrected chi connectivity index (χ2v) is 6.67. The van der Waals surface area contributed by atoms with Gasteiger partial charge in [0.15, 0.2) is 5.96 Å². The fraction of sp³-hybridized carbons (Fsp3) is 0.667. The van der Waals surface area contributed by atoms with E-state index in [0.29, 0.717) is 6.54 Å². The normalized spacial score (nSPS) is 21.7. The van der Waals surface area contributed by atoms with Crippen LogP contribution in [0.5, 0.6) is 0 Å². The molecule has 1 aliphatic heterocycles. The van der Waals surface area contributed by atoms with E-state index in [4.69, 9.17) is 9.73 Å². The van der Waals surface area contributed by atoms with Crippen molar-refractivity contribution in [1.29, 1.82) is 0 Å². The van der Waals surface area contributed by atoms with Gasteiger partial charge in [-0.15, -0.1) is 0 Å². The summed E-state index contributed by atoms with van der Waals surface area (Å²) in [4.78, 5) is 11.5. The topological polar surface area (TPSA) is 61.8 Å². The van der Waals surface area contributed by atoms with Gasteiger partial charge in [0.1, 0.15) is 5.82 Å². The molecule has 6 heteroatoms. The first kappa shape index (κ1) is 17.0. The number of pyridine rings is 1. The lowest BCUT2D eigenvalue weighted by Crippen LogP contribution is -2.41. The van der Waals surface area contributed by atoms with Crippen molar-refractivity contribution in [2.24, 2.45) is 10.9 Å². The summed E-state index contributed by atoms with van der Waals surface area (Å²) in [5, 5.41) is 6.75. The second kappa shape index (κ2) is 8.33. The van der Waals surface area contributed by atoms with Gasteiger partial charge in [-0.2, -0.15) is 0 Å². The molecule has 2 N–H and O–H groups in total. The van der Waals surface area contributed by atoms with E-state index in [1.54, 1.807) is 0 Å². The molecule has 1 aromatic heterocycles. The highest BCUT2D eigenvalue weighted by atomic mass is 16.5. The lowest BCUT2D eigenvalue weighted by molar-refractivity contribution is 0.0529. The van der Waals surface area contributed by atoms with Gasteiger partial charge in [0.05, 0.1) is 19.3 Å². The Kier molecular flexibility index (Phi) is 5.91. The average molecular weight is 331 g/mol. The molecule has 24 heavy (non-hydrogen) atoms. The monoisotopic (exact) mass is 331 g/mol. The standard InChI is InChI=1S/C18H29N5O/c1-3-19-18(21-11-15-4-5-15)22-12-16-6-7-20-17(10-16)23-8-9-24-14(2)13-23/h6-7,10,14-15H,3-5,8-9,11-13H2,1-2H3,(H2,19,21,22). The highest BCUT2D eigenvalue weighted by Gasteiger charge is 2.21. The number of aliphatic imine (C=N–C) groups is 1. The van der Waals surface area contributed by atoms with Gasteiger partial charge in [0.25, 0.3) is 0 Å². The van der Waals surface area contributed by atoms with E-state index in [9.17, 15) is 0 Å². The van der Waals surface area contributed by atoms with E-state index in [-0.39, 0.29) is 6.10 Å². The molecule has 0 amide bonds. The minimum atomic E-state index is 0.259. The highest BCUT2D eigenvalue weighted by molar-refractivity contribution is 5.79. The number of ether oxygens (including phenoxy) is 1. The van der Waals surface area contributed by atoms with Crippen molar-refractivity contribution < 1.29 is 4.74 Å². The van der Waals surface area contributed by atoms with E-state index >= 15 is 0 Å². The van der Waals surface area contributed by atoms with Crippen LogP contribution in [0, 0.1) is 5.92 Å². The number of hydrogen-bond acceptors (Lipinski definition) is 4. The molecular weight excluding hydrogens is 302 g/mol. The van der Waals surface area contributed by atoms with E-state index in [1.807, 2.05) is 12.3 Å². The zero-order valence-corrected chi connectivity index (χ0v) is 14.8. The third-order valence-corrected chi connectivity index (χ3v) is 4.39. The third kappa shape index (κ3) is 5.09. The maximum absolute atomic E-state index is 5.61. The molecule has 0 spiro atoms. The number of rotatable bonds is 6. The van der Waals surface area contributed by atoms with Gasteiger partial charge >= 0.3 is 0 Å². The number of anilines is 1. The summed E-state index contributed by atoms with van der Waals surface area (Å²) in [7, 11) is 0. The predicted molar refractivity (Wildman–Crippen MR) is 97.4 cm³/mol. The van der Waals surface area contributed by atoms with Crippen LogP contribution in [0.1, 0.15) is 32.3 Å². The molecule has 1 aliphatic carbocycles. The van der Waals surface area contributed by atoms with E-state index in [2.05, 4.69) is 40.4 Å². The van der Waals surface area contributed by atoms with Crippen molar-refractivity contribution in [3.63, 3.8) is 0 Å². The second-order valence-electron chi connectivity index (χ2n) is 6.67. The van der Waals surface area contributed by atoms with Crippen LogP contribution in [-0.4, -0.2) is 49.8 Å². The minimum absolute atomic E-state index is 0.259. The highest BCUT2D eigenvalue weighted by Crippen LogP contribution is 2.27. The number of morpholine rings is 1. The molecular formula is C18H29N5O. The van der Waals surface area contributed by atoms with Gasteiger partial charge in [-0.05, 0) is 50.3 Å². The van der Waals surface area contributed by atoms with Crippen LogP contribution in [0.25, 0.3) is 0 Å². The van der Waals surface area contributed by atoms with Crippen LogP contribution >= 0.6 is 0 Å². The summed E-state index contributed by atoms with van der Waals surface area (Å²) in [6.45, 7) is 9.33. The van der Waals surface area contributed by atoms with Crippen molar-refractivity contribution in [1.82, 2.24) is 15.6 Å². The Labute approximate surface area is 144 Å². The average Bonchev–Trinajstić information content (AvgIpc) is 3.42. The Morgan fingerprint density at radius 1 is 1.42 bits per heavy atom. The quantitative estimate of drug-likeness (QED) is 0.614. The number of nitrogens with zero attached hydrogens (tertiary/aromatic N) is 3. The SMILES string of the molecule is CCNC(=NCc1ccnc(N2CCOC(C)C2)c1)NCC1CC1. The molecule has 1 aromatic rings. The van der Waals surface area contributed by atoms with Crippen LogP contribution < -0.4 is 15.5 Å². The van der Waals surface area contributed by atoms with Crippen LogP contribution in [0.15, 0.2) is 23.3 Å². The van der Waals surface area contributed by atoms with Crippen LogP contribution in [0.2, 0.25) is 0 Å². The summed E-state index contributed by atoms with van der Waals surface area (Å²) in [6, 6.07) is 4.19.